The van der Waals surface area contributed by atoms with Crippen molar-refractivity contribution >= 4 is 17.3 Å². The van der Waals surface area contributed by atoms with Crippen LogP contribution in [0, 0.1) is 0 Å². The highest BCUT2D eigenvalue weighted by atomic mass is 32.1. The predicted octanol–water partition coefficient (Wildman–Crippen LogP) is 3.22. The third-order valence-electron chi connectivity index (χ3n) is 4.69. The van der Waals surface area contributed by atoms with Crippen molar-refractivity contribution in [1.82, 2.24) is 15.5 Å². The molecule has 2 aromatic rings. The largest absolute Gasteiger partial charge is 0.373 e. The molecule has 1 aliphatic rings. The van der Waals surface area contributed by atoms with E-state index in [0.29, 0.717) is 12.2 Å². The molecular weight excluding hydrogens is 356 g/mol. The van der Waals surface area contributed by atoms with Gasteiger partial charge in [-0.1, -0.05) is 30.3 Å². The van der Waals surface area contributed by atoms with E-state index in [1.165, 1.54) is 16.0 Å². The number of guanidine groups is 1. The minimum atomic E-state index is 0.291. The third-order valence-corrected chi connectivity index (χ3v) is 5.56. The molecule has 1 aliphatic heterocycles. The first-order valence-electron chi connectivity index (χ1n) is 9.55. The molecule has 6 heteroatoms. The van der Waals surface area contributed by atoms with Crippen molar-refractivity contribution in [2.24, 2.45) is 4.99 Å². The summed E-state index contributed by atoms with van der Waals surface area (Å²) in [7, 11) is 1.81. The first-order valence-corrected chi connectivity index (χ1v) is 10.4. The summed E-state index contributed by atoms with van der Waals surface area (Å²) >= 11 is 1.75. The number of aliphatic imine (C=N–C) groups is 1. The molecule has 2 unspecified atom stereocenters. The quantitative estimate of drug-likeness (QED) is 0.591. The number of nitrogens with zero attached hydrogens (tertiary/aromatic N) is 2. The summed E-state index contributed by atoms with van der Waals surface area (Å²) in [5.41, 5.74) is 2.67. The topological polar surface area (TPSA) is 48.9 Å². The zero-order chi connectivity index (χ0) is 19.1. The lowest BCUT2D eigenvalue weighted by Crippen LogP contribution is -2.45. The third kappa shape index (κ3) is 6.06. The Hall–Kier alpha value is -1.89. The van der Waals surface area contributed by atoms with Crippen LogP contribution in [0.3, 0.4) is 0 Å². The average Bonchev–Trinajstić information content (AvgIpc) is 3.16. The Morgan fingerprint density at radius 1 is 1.07 bits per heavy atom. The summed E-state index contributed by atoms with van der Waals surface area (Å²) in [5, 5.41) is 8.91. The number of rotatable bonds is 6. The zero-order valence-corrected chi connectivity index (χ0v) is 17.3. The molecule has 0 amide bonds. The zero-order valence-electron chi connectivity index (χ0n) is 16.4. The maximum Gasteiger partial charge on any atom is 0.191 e. The second kappa shape index (κ2) is 9.88. The minimum absolute atomic E-state index is 0.291. The van der Waals surface area contributed by atoms with Gasteiger partial charge < -0.3 is 15.4 Å². The van der Waals surface area contributed by atoms with Gasteiger partial charge in [-0.2, -0.15) is 0 Å². The number of nitrogens with one attached hydrogen (secondary N) is 2. The molecule has 0 spiro atoms. The van der Waals surface area contributed by atoms with Crippen molar-refractivity contribution in [3.8, 4) is 0 Å². The van der Waals surface area contributed by atoms with Crippen LogP contribution in [-0.4, -0.2) is 43.2 Å². The van der Waals surface area contributed by atoms with Gasteiger partial charge in [-0.05, 0) is 36.4 Å². The first kappa shape index (κ1) is 19.9. The molecule has 5 nitrogen and oxygen atoms in total. The van der Waals surface area contributed by atoms with Crippen LogP contribution in [0.1, 0.15) is 29.9 Å². The van der Waals surface area contributed by atoms with Crippen LogP contribution >= 0.6 is 11.3 Å². The molecule has 3 rings (SSSR count). The van der Waals surface area contributed by atoms with E-state index in [0.717, 1.165) is 38.7 Å². The van der Waals surface area contributed by atoms with Crippen LogP contribution in [0.4, 0.5) is 0 Å². The highest BCUT2D eigenvalue weighted by Gasteiger charge is 2.22. The van der Waals surface area contributed by atoms with Gasteiger partial charge in [0.15, 0.2) is 5.96 Å². The number of hydrogen-bond acceptors (Lipinski definition) is 4. The summed E-state index contributed by atoms with van der Waals surface area (Å²) in [6.45, 7) is 8.78. The Morgan fingerprint density at radius 3 is 2.44 bits per heavy atom. The van der Waals surface area contributed by atoms with E-state index in [9.17, 15) is 0 Å². The van der Waals surface area contributed by atoms with Crippen molar-refractivity contribution in [3.05, 3.63) is 57.8 Å². The smallest absolute Gasteiger partial charge is 0.191 e. The Labute approximate surface area is 166 Å². The van der Waals surface area contributed by atoms with E-state index in [1.807, 2.05) is 7.05 Å². The van der Waals surface area contributed by atoms with Crippen molar-refractivity contribution in [1.29, 1.82) is 0 Å². The highest BCUT2D eigenvalue weighted by molar-refractivity contribution is 7.09. The van der Waals surface area contributed by atoms with Gasteiger partial charge >= 0.3 is 0 Å². The second-order valence-electron chi connectivity index (χ2n) is 7.08. The molecule has 0 aliphatic carbocycles. The maximum absolute atomic E-state index is 5.86. The van der Waals surface area contributed by atoms with Crippen molar-refractivity contribution in [2.75, 3.05) is 20.1 Å². The maximum atomic E-state index is 5.86. The minimum Gasteiger partial charge on any atom is -0.373 e. The number of thiophene rings is 1. The molecule has 2 atom stereocenters. The molecule has 1 aromatic heterocycles. The number of morpholine rings is 1. The second-order valence-corrected chi connectivity index (χ2v) is 8.11. The Balaban J connectivity index is 1.56. The standard InChI is InChI=1S/C21H30N4OS/c1-16-13-25(14-17(2)26-16)15-19-8-5-4-7-18(19)11-23-21(22-3)24-12-20-9-6-10-27-20/h4-10,16-17H,11-15H2,1-3H3,(H2,22,23,24). The summed E-state index contributed by atoms with van der Waals surface area (Å²) < 4.78 is 5.86. The molecule has 2 N–H and O–H groups in total. The van der Waals surface area contributed by atoms with Crippen LogP contribution in [0.25, 0.3) is 0 Å². The first-order chi connectivity index (χ1) is 13.1. The Morgan fingerprint density at radius 2 is 1.78 bits per heavy atom. The van der Waals surface area contributed by atoms with Crippen molar-refractivity contribution in [2.45, 2.75) is 45.7 Å². The molecule has 0 radical (unpaired) electrons. The van der Waals surface area contributed by atoms with E-state index in [1.54, 1.807) is 11.3 Å². The number of hydrogen-bond donors (Lipinski definition) is 2. The van der Waals surface area contributed by atoms with Gasteiger partial charge in [0.2, 0.25) is 0 Å². The summed E-state index contributed by atoms with van der Waals surface area (Å²) in [5.74, 6) is 0.826. The van der Waals surface area contributed by atoms with Gasteiger partial charge in [-0.15, -0.1) is 11.3 Å². The molecule has 27 heavy (non-hydrogen) atoms. The van der Waals surface area contributed by atoms with Crippen molar-refractivity contribution < 1.29 is 4.74 Å². The van der Waals surface area contributed by atoms with Crippen LogP contribution in [0.2, 0.25) is 0 Å². The van der Waals surface area contributed by atoms with Crippen LogP contribution in [0.5, 0.6) is 0 Å². The van der Waals surface area contributed by atoms with E-state index in [-0.39, 0.29) is 0 Å². The Kier molecular flexibility index (Phi) is 7.26. The SMILES string of the molecule is CN=C(NCc1cccs1)NCc1ccccc1CN1CC(C)OC(C)C1. The predicted molar refractivity (Wildman–Crippen MR) is 113 cm³/mol. The van der Waals surface area contributed by atoms with Crippen LogP contribution in [-0.2, 0) is 24.4 Å². The van der Waals surface area contributed by atoms with E-state index in [2.05, 4.69) is 76.2 Å². The van der Waals surface area contributed by atoms with Gasteiger partial charge in [0, 0.05) is 38.1 Å². The molecule has 2 heterocycles. The number of benzene rings is 1. The summed E-state index contributed by atoms with van der Waals surface area (Å²) in [6.07, 6.45) is 0.582. The fraction of sp³-hybridized carbons (Fsp3) is 0.476. The summed E-state index contributed by atoms with van der Waals surface area (Å²) in [6, 6.07) is 12.8. The highest BCUT2D eigenvalue weighted by Crippen LogP contribution is 2.17. The van der Waals surface area contributed by atoms with Crippen molar-refractivity contribution in [3.63, 3.8) is 0 Å². The Bertz CT molecular complexity index is 722. The van der Waals surface area contributed by atoms with E-state index >= 15 is 0 Å². The normalized spacial score (nSPS) is 21.2. The van der Waals surface area contributed by atoms with Gasteiger partial charge in [-0.25, -0.2) is 0 Å². The van der Waals surface area contributed by atoms with Gasteiger partial charge in [0.25, 0.3) is 0 Å². The van der Waals surface area contributed by atoms with Gasteiger partial charge in [-0.3, -0.25) is 9.89 Å². The molecular formula is C21H30N4OS. The average molecular weight is 387 g/mol. The molecule has 1 fully saturated rings. The molecule has 0 saturated carbocycles. The molecule has 1 saturated heterocycles. The lowest BCUT2D eigenvalue weighted by Gasteiger charge is -2.35. The van der Waals surface area contributed by atoms with Gasteiger partial charge in [0.05, 0.1) is 18.8 Å². The molecule has 146 valence electrons. The monoisotopic (exact) mass is 386 g/mol. The summed E-state index contributed by atoms with van der Waals surface area (Å²) in [4.78, 5) is 8.13. The lowest BCUT2D eigenvalue weighted by atomic mass is 10.1. The molecule has 1 aromatic carbocycles. The fourth-order valence-corrected chi connectivity index (χ4v) is 4.17. The number of ether oxygens (including phenoxy) is 1. The molecule has 0 bridgehead atoms. The lowest BCUT2D eigenvalue weighted by molar-refractivity contribution is -0.0705. The van der Waals surface area contributed by atoms with E-state index < -0.39 is 0 Å². The fourth-order valence-electron chi connectivity index (χ4n) is 3.52. The van der Waals surface area contributed by atoms with Crippen LogP contribution in [0.15, 0.2) is 46.8 Å². The van der Waals surface area contributed by atoms with E-state index in [4.69, 9.17) is 4.74 Å². The van der Waals surface area contributed by atoms with Crippen LogP contribution < -0.4 is 10.6 Å². The van der Waals surface area contributed by atoms with Gasteiger partial charge in [0.1, 0.15) is 0 Å².